The lowest BCUT2D eigenvalue weighted by atomic mass is 9.81. The Balaban J connectivity index is 2.29. The predicted octanol–water partition coefficient (Wildman–Crippen LogP) is -1.03. The maximum Gasteiger partial charge on any atom is 0.333 e. The zero-order chi connectivity index (χ0) is 9.80. The van der Waals surface area contributed by atoms with Gasteiger partial charge < -0.3 is 20.1 Å². The van der Waals surface area contributed by atoms with Gasteiger partial charge in [-0.1, -0.05) is 6.92 Å². The van der Waals surface area contributed by atoms with Gasteiger partial charge in [-0.2, -0.15) is 0 Å². The van der Waals surface area contributed by atoms with Crippen LogP contribution < -0.4 is 0 Å². The van der Waals surface area contributed by atoms with Crippen LogP contribution in [0.25, 0.3) is 0 Å². The average Bonchev–Trinajstić information content (AvgIpc) is 2.49. The van der Waals surface area contributed by atoms with Gasteiger partial charge in [-0.25, -0.2) is 4.79 Å². The molecule has 1 saturated carbocycles. The average molecular weight is 188 g/mol. The van der Waals surface area contributed by atoms with Gasteiger partial charge in [-0.3, -0.25) is 0 Å². The molecule has 1 aliphatic carbocycles. The lowest BCUT2D eigenvalue weighted by Gasteiger charge is -2.34. The number of ether oxygens (including phenoxy) is 1. The van der Waals surface area contributed by atoms with E-state index in [0.29, 0.717) is 6.42 Å². The van der Waals surface area contributed by atoms with E-state index >= 15 is 0 Å². The number of hydrogen-bond acceptors (Lipinski definition) is 4. The first-order valence-corrected chi connectivity index (χ1v) is 4.21. The molecule has 5 unspecified atom stereocenters. The number of carboxylic acid groups (broad SMARTS) is 1. The largest absolute Gasteiger partial charge is 0.479 e. The molecule has 74 valence electrons. The standard InChI is InChI=1S/C8H12O5/c1-8-2-3(4(9)5(8)10)13-6(8)7(11)12/h3-6,9-10H,2H2,1H3,(H,11,12). The molecule has 2 rings (SSSR count). The van der Waals surface area contributed by atoms with Crippen molar-refractivity contribution in [2.24, 2.45) is 5.41 Å². The SMILES string of the molecule is CC12CC(OC1C(=O)O)C(O)C2O. The zero-order valence-corrected chi connectivity index (χ0v) is 7.17. The van der Waals surface area contributed by atoms with Crippen LogP contribution >= 0.6 is 0 Å². The van der Waals surface area contributed by atoms with Gasteiger partial charge in [0.25, 0.3) is 0 Å². The maximum atomic E-state index is 10.7. The molecule has 1 heterocycles. The van der Waals surface area contributed by atoms with Gasteiger partial charge in [-0.05, 0) is 6.42 Å². The molecule has 1 saturated heterocycles. The van der Waals surface area contributed by atoms with Crippen LogP contribution in [0, 0.1) is 5.41 Å². The minimum absolute atomic E-state index is 0.409. The van der Waals surface area contributed by atoms with E-state index in [2.05, 4.69) is 0 Å². The van der Waals surface area contributed by atoms with E-state index in [-0.39, 0.29) is 0 Å². The third-order valence-corrected chi connectivity index (χ3v) is 3.16. The van der Waals surface area contributed by atoms with Crippen molar-refractivity contribution in [3.8, 4) is 0 Å². The highest BCUT2D eigenvalue weighted by molar-refractivity contribution is 5.74. The molecule has 2 fully saturated rings. The highest BCUT2D eigenvalue weighted by Gasteiger charge is 2.63. The van der Waals surface area contributed by atoms with E-state index in [4.69, 9.17) is 9.84 Å². The van der Waals surface area contributed by atoms with Crippen molar-refractivity contribution in [3.05, 3.63) is 0 Å². The van der Waals surface area contributed by atoms with Crippen molar-refractivity contribution in [1.29, 1.82) is 0 Å². The van der Waals surface area contributed by atoms with Gasteiger partial charge in [0.1, 0.15) is 6.10 Å². The second-order valence-electron chi connectivity index (χ2n) is 4.04. The van der Waals surface area contributed by atoms with Crippen LogP contribution in [0.1, 0.15) is 13.3 Å². The Morgan fingerprint density at radius 2 is 2.15 bits per heavy atom. The van der Waals surface area contributed by atoms with E-state index < -0.39 is 35.8 Å². The van der Waals surface area contributed by atoms with Crippen molar-refractivity contribution in [3.63, 3.8) is 0 Å². The summed E-state index contributed by atoms with van der Waals surface area (Å²) in [6.45, 7) is 1.63. The van der Waals surface area contributed by atoms with Crippen LogP contribution in [0.15, 0.2) is 0 Å². The minimum atomic E-state index is -1.07. The second kappa shape index (κ2) is 2.43. The number of carbonyl (C=O) groups is 1. The van der Waals surface area contributed by atoms with Crippen molar-refractivity contribution in [2.45, 2.75) is 37.8 Å². The Hall–Kier alpha value is -0.650. The topological polar surface area (TPSA) is 87.0 Å². The van der Waals surface area contributed by atoms with Gasteiger partial charge in [0.05, 0.1) is 12.2 Å². The number of rotatable bonds is 1. The highest BCUT2D eigenvalue weighted by atomic mass is 16.5. The molecule has 0 aromatic carbocycles. The van der Waals surface area contributed by atoms with Crippen molar-refractivity contribution < 1.29 is 24.9 Å². The summed E-state index contributed by atoms with van der Waals surface area (Å²) in [6.07, 6.45) is -3.04. The van der Waals surface area contributed by atoms with E-state index in [9.17, 15) is 15.0 Å². The van der Waals surface area contributed by atoms with Crippen LogP contribution in [-0.4, -0.2) is 45.7 Å². The van der Waals surface area contributed by atoms with Gasteiger partial charge in [0, 0.05) is 5.41 Å². The molecule has 0 aromatic heterocycles. The van der Waals surface area contributed by atoms with Gasteiger partial charge in [0.15, 0.2) is 6.10 Å². The lowest BCUT2D eigenvalue weighted by Crippen LogP contribution is -2.51. The van der Waals surface area contributed by atoms with Crippen molar-refractivity contribution >= 4 is 5.97 Å². The molecule has 2 aliphatic rings. The summed E-state index contributed by atoms with van der Waals surface area (Å²) in [5.74, 6) is -1.07. The Bertz CT molecular complexity index is 253. The fourth-order valence-electron chi connectivity index (χ4n) is 2.33. The first-order chi connectivity index (χ1) is 5.97. The maximum absolute atomic E-state index is 10.7. The van der Waals surface area contributed by atoms with Crippen LogP contribution in [0.2, 0.25) is 0 Å². The summed E-state index contributed by atoms with van der Waals surface area (Å²) in [5, 5.41) is 27.7. The van der Waals surface area contributed by atoms with Crippen LogP contribution in [0.5, 0.6) is 0 Å². The van der Waals surface area contributed by atoms with Crippen LogP contribution in [-0.2, 0) is 9.53 Å². The van der Waals surface area contributed by atoms with Gasteiger partial charge in [-0.15, -0.1) is 0 Å². The number of aliphatic hydroxyl groups is 2. The molecule has 2 bridgehead atoms. The van der Waals surface area contributed by atoms with E-state index in [1.54, 1.807) is 6.92 Å². The smallest absolute Gasteiger partial charge is 0.333 e. The van der Waals surface area contributed by atoms with Gasteiger partial charge in [0.2, 0.25) is 0 Å². The fraction of sp³-hybridized carbons (Fsp3) is 0.875. The molecule has 5 nitrogen and oxygen atoms in total. The molecule has 13 heavy (non-hydrogen) atoms. The number of aliphatic hydroxyl groups excluding tert-OH is 2. The van der Waals surface area contributed by atoms with Crippen LogP contribution in [0.4, 0.5) is 0 Å². The number of fused-ring (bicyclic) bond motifs is 2. The van der Waals surface area contributed by atoms with Crippen molar-refractivity contribution in [2.75, 3.05) is 0 Å². The molecule has 3 N–H and O–H groups in total. The van der Waals surface area contributed by atoms with Crippen molar-refractivity contribution in [1.82, 2.24) is 0 Å². The quantitative estimate of drug-likeness (QED) is 0.489. The third-order valence-electron chi connectivity index (χ3n) is 3.16. The van der Waals surface area contributed by atoms with Gasteiger partial charge >= 0.3 is 5.97 Å². The molecular formula is C8H12O5. The first kappa shape index (κ1) is 8.93. The Morgan fingerprint density at radius 3 is 2.54 bits per heavy atom. The molecule has 0 amide bonds. The molecule has 5 atom stereocenters. The molecular weight excluding hydrogens is 176 g/mol. The predicted molar refractivity (Wildman–Crippen MR) is 41.0 cm³/mol. The molecule has 0 radical (unpaired) electrons. The highest BCUT2D eigenvalue weighted by Crippen LogP contribution is 2.50. The van der Waals surface area contributed by atoms with E-state index in [1.807, 2.05) is 0 Å². The minimum Gasteiger partial charge on any atom is -0.479 e. The Morgan fingerprint density at radius 1 is 1.54 bits per heavy atom. The summed E-state index contributed by atoms with van der Waals surface area (Å²) in [4.78, 5) is 10.7. The monoisotopic (exact) mass is 188 g/mol. The van der Waals surface area contributed by atoms with E-state index in [1.165, 1.54) is 0 Å². The number of aliphatic carboxylic acids is 1. The summed E-state index contributed by atoms with van der Waals surface area (Å²) in [5.41, 5.74) is -0.837. The number of hydrogen-bond donors (Lipinski definition) is 3. The van der Waals surface area contributed by atoms with E-state index in [0.717, 1.165) is 0 Å². The first-order valence-electron chi connectivity index (χ1n) is 4.21. The molecule has 5 heteroatoms. The lowest BCUT2D eigenvalue weighted by molar-refractivity contribution is -0.184. The summed E-state index contributed by atoms with van der Waals surface area (Å²) in [6, 6.07) is 0. The molecule has 0 aromatic rings. The summed E-state index contributed by atoms with van der Waals surface area (Å²) < 4.78 is 5.10. The number of carboxylic acids is 1. The normalized spacial score (nSPS) is 54.1. The molecule has 1 aliphatic heterocycles. The third kappa shape index (κ3) is 0.948. The summed E-state index contributed by atoms with van der Waals surface area (Å²) >= 11 is 0. The van der Waals surface area contributed by atoms with Crippen LogP contribution in [0.3, 0.4) is 0 Å². The fourth-order valence-corrected chi connectivity index (χ4v) is 2.33. The second-order valence-corrected chi connectivity index (χ2v) is 4.04. The zero-order valence-electron chi connectivity index (χ0n) is 7.17. The summed E-state index contributed by atoms with van der Waals surface area (Å²) in [7, 11) is 0. The molecule has 0 spiro atoms. The Labute approximate surface area is 74.9 Å². The Kier molecular flexibility index (Phi) is 1.67.